The lowest BCUT2D eigenvalue weighted by Gasteiger charge is -2.09. The normalized spacial score (nSPS) is 12.8. The van der Waals surface area contributed by atoms with Gasteiger partial charge in [0.25, 0.3) is 0 Å². The van der Waals surface area contributed by atoms with Crippen LogP contribution < -0.4 is 11.1 Å². The zero-order valence-electron chi connectivity index (χ0n) is 14.8. The van der Waals surface area contributed by atoms with E-state index in [0.717, 1.165) is 23.1 Å². The Morgan fingerprint density at radius 2 is 2.24 bits per heavy atom. The first-order valence-electron chi connectivity index (χ1n) is 8.28. The van der Waals surface area contributed by atoms with Gasteiger partial charge in [-0.25, -0.2) is 9.20 Å². The highest BCUT2D eigenvalue weighted by Crippen LogP contribution is 2.26. The van der Waals surface area contributed by atoms with Crippen molar-refractivity contribution < 1.29 is 0 Å². The summed E-state index contributed by atoms with van der Waals surface area (Å²) < 4.78 is 3.60. The summed E-state index contributed by atoms with van der Waals surface area (Å²) in [5.74, 6) is 1.33. The molecule has 130 valence electrons. The lowest BCUT2D eigenvalue weighted by molar-refractivity contribution is 0.676. The van der Waals surface area contributed by atoms with E-state index < -0.39 is 0 Å². The molecule has 1 unspecified atom stereocenters. The van der Waals surface area contributed by atoms with Crippen LogP contribution in [0, 0.1) is 0 Å². The standard InChI is InChI=1S/C18H23N7/c1-5-12(2)15-6-9-21-24(15)10-7-13(3)14-8-11-25-16(14)17(20-4)22-18(19)23-25/h6-12H,3,5H2,1-2,4H3,(H3,19,20,22,23)/b10-7-. The Morgan fingerprint density at radius 3 is 2.96 bits per heavy atom. The Balaban J connectivity index is 1.95. The van der Waals surface area contributed by atoms with Crippen molar-refractivity contribution in [2.24, 2.45) is 0 Å². The molecule has 25 heavy (non-hydrogen) atoms. The molecule has 0 bridgehead atoms. The minimum absolute atomic E-state index is 0.217. The van der Waals surface area contributed by atoms with Gasteiger partial charge in [-0.3, -0.25) is 0 Å². The predicted octanol–water partition coefficient (Wildman–Crippen LogP) is 3.25. The Hall–Kier alpha value is -3.09. The fourth-order valence-corrected chi connectivity index (χ4v) is 2.77. The van der Waals surface area contributed by atoms with E-state index in [9.17, 15) is 0 Å². The van der Waals surface area contributed by atoms with Gasteiger partial charge in [0.1, 0.15) is 5.52 Å². The number of hydrogen-bond donors (Lipinski definition) is 2. The van der Waals surface area contributed by atoms with Crippen molar-refractivity contribution in [3.63, 3.8) is 0 Å². The second-order valence-corrected chi connectivity index (χ2v) is 5.94. The summed E-state index contributed by atoms with van der Waals surface area (Å²) in [6, 6.07) is 4.00. The van der Waals surface area contributed by atoms with Gasteiger partial charge in [-0.05, 0) is 36.1 Å². The summed E-state index contributed by atoms with van der Waals surface area (Å²) in [6.07, 6.45) is 8.61. The lowest BCUT2D eigenvalue weighted by atomic mass is 10.1. The van der Waals surface area contributed by atoms with Crippen molar-refractivity contribution in [1.82, 2.24) is 24.4 Å². The van der Waals surface area contributed by atoms with Crippen LogP contribution in [-0.2, 0) is 0 Å². The molecule has 0 spiro atoms. The molecule has 0 saturated carbocycles. The van der Waals surface area contributed by atoms with E-state index in [4.69, 9.17) is 5.73 Å². The molecule has 0 amide bonds. The second kappa shape index (κ2) is 6.80. The molecule has 0 aromatic carbocycles. The van der Waals surface area contributed by atoms with Gasteiger partial charge in [-0.1, -0.05) is 20.4 Å². The first-order valence-corrected chi connectivity index (χ1v) is 8.28. The maximum Gasteiger partial charge on any atom is 0.240 e. The van der Waals surface area contributed by atoms with Gasteiger partial charge in [-0.15, -0.1) is 5.10 Å². The molecule has 3 N–H and O–H groups in total. The highest BCUT2D eigenvalue weighted by molar-refractivity contribution is 5.89. The average Bonchev–Trinajstić information content (AvgIpc) is 3.24. The fraction of sp³-hybridized carbons (Fsp3) is 0.278. The van der Waals surface area contributed by atoms with Crippen LogP contribution in [0.15, 0.2) is 37.2 Å². The molecule has 0 aliphatic carbocycles. The van der Waals surface area contributed by atoms with Crippen molar-refractivity contribution in [2.45, 2.75) is 26.2 Å². The summed E-state index contributed by atoms with van der Waals surface area (Å²) in [6.45, 7) is 8.55. The third kappa shape index (κ3) is 3.13. The maximum atomic E-state index is 5.74. The number of allylic oxidation sites excluding steroid dienone is 2. The van der Waals surface area contributed by atoms with Gasteiger partial charge >= 0.3 is 0 Å². The van der Waals surface area contributed by atoms with E-state index in [-0.39, 0.29) is 5.95 Å². The Kier molecular flexibility index (Phi) is 4.56. The van der Waals surface area contributed by atoms with Crippen molar-refractivity contribution in [2.75, 3.05) is 18.1 Å². The van der Waals surface area contributed by atoms with Crippen LogP contribution >= 0.6 is 0 Å². The molecule has 3 rings (SSSR count). The number of nitrogens with zero attached hydrogens (tertiary/aromatic N) is 5. The lowest BCUT2D eigenvalue weighted by Crippen LogP contribution is -2.05. The smallest absolute Gasteiger partial charge is 0.240 e. The third-order valence-electron chi connectivity index (χ3n) is 4.35. The Morgan fingerprint density at radius 1 is 1.44 bits per heavy atom. The van der Waals surface area contributed by atoms with Crippen LogP contribution in [0.3, 0.4) is 0 Å². The number of nitrogens with one attached hydrogen (secondary N) is 1. The van der Waals surface area contributed by atoms with Crippen LogP contribution in [0.1, 0.15) is 37.4 Å². The number of nitrogen functional groups attached to an aromatic ring is 1. The van der Waals surface area contributed by atoms with Crippen LogP contribution in [0.5, 0.6) is 0 Å². The van der Waals surface area contributed by atoms with E-state index in [1.54, 1.807) is 11.6 Å². The highest BCUT2D eigenvalue weighted by Gasteiger charge is 2.12. The summed E-state index contributed by atoms with van der Waals surface area (Å²) in [4.78, 5) is 4.25. The summed E-state index contributed by atoms with van der Waals surface area (Å²) in [5, 5.41) is 11.6. The third-order valence-corrected chi connectivity index (χ3v) is 4.35. The minimum Gasteiger partial charge on any atom is -0.371 e. The molecule has 3 aromatic rings. The van der Waals surface area contributed by atoms with Gasteiger partial charge in [-0.2, -0.15) is 10.1 Å². The molecular weight excluding hydrogens is 314 g/mol. The first kappa shape index (κ1) is 16.8. The van der Waals surface area contributed by atoms with E-state index >= 15 is 0 Å². The summed E-state index contributed by atoms with van der Waals surface area (Å²) >= 11 is 0. The first-order chi connectivity index (χ1) is 12.0. The molecule has 3 aromatic heterocycles. The molecule has 0 aliphatic rings. The van der Waals surface area contributed by atoms with E-state index in [1.165, 1.54) is 5.69 Å². The number of fused-ring (bicyclic) bond motifs is 1. The minimum atomic E-state index is 0.217. The van der Waals surface area contributed by atoms with Crippen LogP contribution in [0.2, 0.25) is 0 Å². The van der Waals surface area contributed by atoms with Crippen molar-refractivity contribution >= 4 is 29.1 Å². The molecule has 1 atom stereocenters. The van der Waals surface area contributed by atoms with Crippen LogP contribution in [0.4, 0.5) is 11.8 Å². The van der Waals surface area contributed by atoms with E-state index in [1.807, 2.05) is 41.5 Å². The van der Waals surface area contributed by atoms with Gasteiger partial charge in [0.05, 0.1) is 0 Å². The van der Waals surface area contributed by atoms with Crippen molar-refractivity contribution in [3.8, 4) is 0 Å². The zero-order chi connectivity index (χ0) is 18.0. The zero-order valence-corrected chi connectivity index (χ0v) is 14.8. The number of aromatic nitrogens is 5. The van der Waals surface area contributed by atoms with E-state index in [0.29, 0.717) is 11.7 Å². The maximum absolute atomic E-state index is 5.74. The quantitative estimate of drug-likeness (QED) is 0.674. The Bertz CT molecular complexity index is 932. The summed E-state index contributed by atoms with van der Waals surface area (Å²) in [5.41, 5.74) is 9.55. The van der Waals surface area contributed by atoms with Crippen molar-refractivity contribution in [3.05, 3.63) is 48.4 Å². The molecule has 3 heterocycles. The largest absolute Gasteiger partial charge is 0.371 e. The van der Waals surface area contributed by atoms with Crippen LogP contribution in [0.25, 0.3) is 17.3 Å². The second-order valence-electron chi connectivity index (χ2n) is 5.94. The highest BCUT2D eigenvalue weighted by atomic mass is 15.3. The molecule has 0 fully saturated rings. The van der Waals surface area contributed by atoms with Gasteiger partial charge < -0.3 is 11.1 Å². The number of anilines is 2. The SMILES string of the molecule is C=C(/C=C\n1nccc1C(C)CC)c1ccn2nc(N)nc(NC)c12. The fourth-order valence-electron chi connectivity index (χ4n) is 2.77. The number of hydrogen-bond acceptors (Lipinski definition) is 5. The molecule has 0 aliphatic heterocycles. The predicted molar refractivity (Wildman–Crippen MR) is 102 cm³/mol. The van der Waals surface area contributed by atoms with Gasteiger partial charge in [0, 0.05) is 36.9 Å². The summed E-state index contributed by atoms with van der Waals surface area (Å²) in [7, 11) is 1.80. The molecule has 0 saturated heterocycles. The van der Waals surface area contributed by atoms with Crippen LogP contribution in [-0.4, -0.2) is 31.4 Å². The molecule has 7 heteroatoms. The number of rotatable bonds is 6. The average molecular weight is 337 g/mol. The topological polar surface area (TPSA) is 86.1 Å². The van der Waals surface area contributed by atoms with Gasteiger partial charge in [0.15, 0.2) is 5.82 Å². The molecule has 0 radical (unpaired) electrons. The Labute approximate surface area is 146 Å². The van der Waals surface area contributed by atoms with E-state index in [2.05, 4.69) is 40.9 Å². The monoisotopic (exact) mass is 337 g/mol. The number of nitrogens with two attached hydrogens (primary N) is 1. The van der Waals surface area contributed by atoms with Crippen molar-refractivity contribution in [1.29, 1.82) is 0 Å². The molecular formula is C18H23N7. The van der Waals surface area contributed by atoms with Gasteiger partial charge in [0.2, 0.25) is 5.95 Å². The molecule has 7 nitrogen and oxygen atoms in total.